The molecule has 0 spiro atoms. The van der Waals surface area contributed by atoms with Crippen molar-refractivity contribution < 1.29 is 33.3 Å². The van der Waals surface area contributed by atoms with E-state index in [1.807, 2.05) is 38.1 Å². The van der Waals surface area contributed by atoms with Crippen molar-refractivity contribution in [3.63, 3.8) is 0 Å². The molecule has 0 radical (unpaired) electrons. The first kappa shape index (κ1) is 26.4. The second-order valence-corrected chi connectivity index (χ2v) is 8.09. The molecule has 0 heterocycles. The summed E-state index contributed by atoms with van der Waals surface area (Å²) in [5.41, 5.74) is 4.04. The van der Waals surface area contributed by atoms with Crippen LogP contribution in [0.15, 0.2) is 48.5 Å². The van der Waals surface area contributed by atoms with Crippen molar-refractivity contribution in [1.29, 1.82) is 0 Å². The van der Waals surface area contributed by atoms with Crippen LogP contribution in [0.25, 0.3) is 0 Å². The monoisotopic (exact) mass is 493 g/mol. The van der Waals surface area contributed by atoms with Crippen LogP contribution in [0, 0.1) is 13.8 Å². The van der Waals surface area contributed by atoms with E-state index in [1.54, 1.807) is 38.5 Å². The van der Waals surface area contributed by atoms with Gasteiger partial charge in [0.2, 0.25) is 0 Å². The number of hydrogen-bond donors (Lipinski definition) is 1. The normalized spacial score (nSPS) is 10.4. The van der Waals surface area contributed by atoms with Gasteiger partial charge in [-0.25, -0.2) is 4.79 Å². The van der Waals surface area contributed by atoms with E-state index >= 15 is 0 Å². The van der Waals surface area contributed by atoms with E-state index in [9.17, 15) is 9.59 Å². The van der Waals surface area contributed by atoms with Crippen molar-refractivity contribution in [2.45, 2.75) is 27.0 Å². The highest BCUT2D eigenvalue weighted by atomic mass is 16.5. The molecule has 3 aromatic rings. The van der Waals surface area contributed by atoms with E-state index in [0.29, 0.717) is 40.7 Å². The van der Waals surface area contributed by atoms with Gasteiger partial charge >= 0.3 is 5.97 Å². The number of carbonyl (C=O) groups excluding carboxylic acids is 2. The lowest BCUT2D eigenvalue weighted by molar-refractivity contribution is 0.0471. The third-order valence-corrected chi connectivity index (χ3v) is 5.82. The van der Waals surface area contributed by atoms with Crippen molar-refractivity contribution in [2.75, 3.05) is 28.4 Å². The Balaban J connectivity index is 1.64. The minimum absolute atomic E-state index is 0.0749. The summed E-state index contributed by atoms with van der Waals surface area (Å²) in [6.07, 6.45) is 0. The summed E-state index contributed by atoms with van der Waals surface area (Å²) in [4.78, 5) is 25.4. The van der Waals surface area contributed by atoms with Gasteiger partial charge in [0.1, 0.15) is 29.6 Å². The fraction of sp³-hybridized carbons (Fsp3) is 0.286. The maximum Gasteiger partial charge on any atom is 0.338 e. The van der Waals surface area contributed by atoms with Crippen LogP contribution in [0.2, 0.25) is 0 Å². The van der Waals surface area contributed by atoms with Crippen molar-refractivity contribution in [1.82, 2.24) is 5.32 Å². The molecule has 8 nitrogen and oxygen atoms in total. The van der Waals surface area contributed by atoms with Crippen LogP contribution in [0.3, 0.4) is 0 Å². The number of rotatable bonds is 10. The first-order valence-corrected chi connectivity index (χ1v) is 11.3. The number of esters is 1. The number of amides is 1. The van der Waals surface area contributed by atoms with Gasteiger partial charge in [0.15, 0.2) is 0 Å². The smallest absolute Gasteiger partial charge is 0.338 e. The quantitative estimate of drug-likeness (QED) is 0.412. The van der Waals surface area contributed by atoms with E-state index in [0.717, 1.165) is 22.3 Å². The second kappa shape index (κ2) is 12.0. The summed E-state index contributed by atoms with van der Waals surface area (Å²) in [5.74, 6) is 1.49. The molecule has 190 valence electrons. The van der Waals surface area contributed by atoms with Crippen LogP contribution in [0.1, 0.15) is 43.0 Å². The van der Waals surface area contributed by atoms with Gasteiger partial charge in [-0.1, -0.05) is 24.3 Å². The largest absolute Gasteiger partial charge is 0.496 e. The molecule has 0 aliphatic heterocycles. The van der Waals surface area contributed by atoms with Gasteiger partial charge in [0, 0.05) is 23.2 Å². The first-order chi connectivity index (χ1) is 17.3. The SMILES string of the molecule is COc1cc(C(=O)NCc2cccc(COC(=O)c3cc(OC)c(C)c(OC)c3)c2)cc(OC)c1C. The van der Waals surface area contributed by atoms with Gasteiger partial charge in [-0.05, 0) is 49.2 Å². The van der Waals surface area contributed by atoms with Crippen LogP contribution < -0.4 is 24.3 Å². The van der Waals surface area contributed by atoms with Crippen LogP contribution in [0.4, 0.5) is 0 Å². The fourth-order valence-electron chi connectivity index (χ4n) is 3.77. The lowest BCUT2D eigenvalue weighted by Crippen LogP contribution is -2.23. The van der Waals surface area contributed by atoms with Gasteiger partial charge in [0.25, 0.3) is 5.91 Å². The topological polar surface area (TPSA) is 92.3 Å². The minimum Gasteiger partial charge on any atom is -0.496 e. The molecule has 0 unspecified atom stereocenters. The Morgan fingerprint density at radius 3 is 1.67 bits per heavy atom. The molecule has 3 rings (SSSR count). The zero-order valence-electron chi connectivity index (χ0n) is 21.4. The summed E-state index contributed by atoms with van der Waals surface area (Å²) >= 11 is 0. The molecule has 3 aromatic carbocycles. The maximum atomic E-state index is 12.7. The van der Waals surface area contributed by atoms with E-state index in [1.165, 1.54) is 14.2 Å². The molecule has 0 bridgehead atoms. The second-order valence-electron chi connectivity index (χ2n) is 8.09. The molecular weight excluding hydrogens is 462 g/mol. The zero-order chi connectivity index (χ0) is 26.2. The number of methoxy groups -OCH3 is 4. The first-order valence-electron chi connectivity index (χ1n) is 11.3. The molecule has 0 aliphatic carbocycles. The van der Waals surface area contributed by atoms with Crippen LogP contribution in [-0.4, -0.2) is 40.3 Å². The fourth-order valence-corrected chi connectivity index (χ4v) is 3.77. The number of benzene rings is 3. The van der Waals surface area contributed by atoms with Crippen molar-refractivity contribution in [3.05, 3.63) is 81.9 Å². The van der Waals surface area contributed by atoms with Crippen molar-refractivity contribution >= 4 is 11.9 Å². The highest BCUT2D eigenvalue weighted by molar-refractivity contribution is 5.95. The Morgan fingerprint density at radius 1 is 0.694 bits per heavy atom. The predicted octanol–water partition coefficient (Wildman–Crippen LogP) is 4.62. The lowest BCUT2D eigenvalue weighted by atomic mass is 10.1. The van der Waals surface area contributed by atoms with Crippen LogP contribution in [-0.2, 0) is 17.9 Å². The Morgan fingerprint density at radius 2 is 1.17 bits per heavy atom. The standard InChI is InChI=1S/C28H31NO7/c1-17-23(32-3)11-21(12-24(17)33-4)27(30)29-15-19-8-7-9-20(10-19)16-36-28(31)22-13-25(34-5)18(2)26(14-22)35-6/h7-14H,15-16H2,1-6H3,(H,29,30). The predicted molar refractivity (Wildman–Crippen MR) is 135 cm³/mol. The molecule has 0 fully saturated rings. The van der Waals surface area contributed by atoms with Gasteiger partial charge in [-0.3, -0.25) is 4.79 Å². The maximum absolute atomic E-state index is 12.7. The molecule has 8 heteroatoms. The van der Waals surface area contributed by atoms with E-state index < -0.39 is 5.97 Å². The Bertz CT molecular complexity index is 1110. The molecular formula is C28H31NO7. The van der Waals surface area contributed by atoms with Gasteiger partial charge < -0.3 is 29.0 Å². The number of hydrogen-bond acceptors (Lipinski definition) is 7. The minimum atomic E-state index is -0.493. The summed E-state index contributed by atoms with van der Waals surface area (Å²) in [5, 5.41) is 2.90. The third kappa shape index (κ3) is 6.07. The molecule has 0 atom stereocenters. The Labute approximate surface area is 211 Å². The molecule has 0 saturated heterocycles. The molecule has 1 amide bonds. The highest BCUT2D eigenvalue weighted by Gasteiger charge is 2.16. The highest BCUT2D eigenvalue weighted by Crippen LogP contribution is 2.30. The number of nitrogens with one attached hydrogen (secondary N) is 1. The van der Waals surface area contributed by atoms with E-state index in [-0.39, 0.29) is 12.5 Å². The summed E-state index contributed by atoms with van der Waals surface area (Å²) in [7, 11) is 6.17. The summed E-state index contributed by atoms with van der Waals surface area (Å²) < 4.78 is 26.9. The van der Waals surface area contributed by atoms with Crippen LogP contribution >= 0.6 is 0 Å². The van der Waals surface area contributed by atoms with Gasteiger partial charge in [-0.2, -0.15) is 0 Å². The van der Waals surface area contributed by atoms with Crippen molar-refractivity contribution in [2.24, 2.45) is 0 Å². The molecule has 0 aliphatic rings. The molecule has 0 aromatic heterocycles. The number of carbonyl (C=O) groups is 2. The average molecular weight is 494 g/mol. The molecule has 0 saturated carbocycles. The summed E-state index contributed by atoms with van der Waals surface area (Å²) in [6, 6.07) is 14.1. The van der Waals surface area contributed by atoms with Gasteiger partial charge in [0.05, 0.1) is 34.0 Å². The Hall–Kier alpha value is -4.20. The average Bonchev–Trinajstić information content (AvgIpc) is 2.90. The zero-order valence-corrected chi connectivity index (χ0v) is 21.4. The van der Waals surface area contributed by atoms with Crippen molar-refractivity contribution in [3.8, 4) is 23.0 Å². The molecule has 1 N–H and O–H groups in total. The Kier molecular flexibility index (Phi) is 8.78. The number of ether oxygens (including phenoxy) is 5. The third-order valence-electron chi connectivity index (χ3n) is 5.82. The summed E-state index contributed by atoms with van der Waals surface area (Å²) in [6.45, 7) is 4.09. The lowest BCUT2D eigenvalue weighted by Gasteiger charge is -2.13. The molecule has 36 heavy (non-hydrogen) atoms. The van der Waals surface area contributed by atoms with Gasteiger partial charge in [-0.15, -0.1) is 0 Å². The van der Waals surface area contributed by atoms with E-state index in [4.69, 9.17) is 23.7 Å². The van der Waals surface area contributed by atoms with E-state index in [2.05, 4.69) is 5.32 Å². The van der Waals surface area contributed by atoms with Crippen LogP contribution in [0.5, 0.6) is 23.0 Å².